The predicted molar refractivity (Wildman–Crippen MR) is 170 cm³/mol. The predicted octanol–water partition coefficient (Wildman–Crippen LogP) is 9.81. The number of hydrogen-bond donors (Lipinski definition) is 0. The van der Waals surface area contributed by atoms with Crippen molar-refractivity contribution in [3.05, 3.63) is 113 Å². The third-order valence-corrected chi connectivity index (χ3v) is 7.83. The van der Waals surface area contributed by atoms with Gasteiger partial charge in [-0.2, -0.15) is 0 Å². The fraction of sp³-hybridized carbons (Fsp3) is 0.194. The van der Waals surface area contributed by atoms with E-state index in [0.717, 1.165) is 59.5 Å². The molecule has 7 aromatic rings. The van der Waals surface area contributed by atoms with Crippen LogP contribution in [0.1, 0.15) is 39.6 Å². The minimum Gasteiger partial charge on any atom is -0.486 e. The summed E-state index contributed by atoms with van der Waals surface area (Å²) in [6.07, 6.45) is 2.10. The molecule has 0 bridgehead atoms. The smallest absolute Gasteiger partial charge is 0.216 e. The summed E-state index contributed by atoms with van der Waals surface area (Å²) in [4.78, 5) is 14.2. The molecule has 0 saturated carbocycles. The first kappa shape index (κ1) is 27.2. The molecule has 2 aromatic carbocycles. The van der Waals surface area contributed by atoms with Crippen molar-refractivity contribution < 1.29 is 27.3 Å². The van der Waals surface area contributed by atoms with Crippen LogP contribution in [-0.4, -0.2) is 15.0 Å². The Bertz CT molecular complexity index is 2030. The molecular formula is C36H31IrN3OS-2. The van der Waals surface area contributed by atoms with Gasteiger partial charge in [-0.1, -0.05) is 43.9 Å². The summed E-state index contributed by atoms with van der Waals surface area (Å²) in [5.41, 5.74) is 6.18. The van der Waals surface area contributed by atoms with E-state index in [2.05, 4.69) is 22.1 Å². The van der Waals surface area contributed by atoms with Crippen LogP contribution in [0.5, 0.6) is 0 Å². The zero-order chi connectivity index (χ0) is 30.4. The van der Waals surface area contributed by atoms with Crippen molar-refractivity contribution in [1.29, 1.82) is 0 Å². The van der Waals surface area contributed by atoms with Crippen LogP contribution in [0.25, 0.3) is 54.7 Å². The average Bonchev–Trinajstić information content (AvgIpc) is 3.55. The topological polar surface area (TPSA) is 51.8 Å². The van der Waals surface area contributed by atoms with Crippen molar-refractivity contribution in [1.82, 2.24) is 15.0 Å². The van der Waals surface area contributed by atoms with E-state index in [9.17, 15) is 0 Å². The Morgan fingerprint density at radius 1 is 0.881 bits per heavy atom. The molecule has 0 spiro atoms. The second-order valence-electron chi connectivity index (χ2n) is 11.0. The SMILES string of the molecule is [2H]C([2H])(c1sc2ccnc(-c3[c-]ccc4c3oc3nc(C)ccc34)c2c1C)C(C)(C)C.[Ir].[c-]1ccccc1-c1ccccn1. The van der Waals surface area contributed by atoms with Crippen molar-refractivity contribution in [2.75, 3.05) is 0 Å². The number of aromatic nitrogens is 3. The largest absolute Gasteiger partial charge is 0.486 e. The molecule has 213 valence electrons. The van der Waals surface area contributed by atoms with Crippen LogP contribution >= 0.6 is 11.3 Å². The Labute approximate surface area is 267 Å². The molecule has 0 amide bonds. The van der Waals surface area contributed by atoms with Gasteiger partial charge in [0.2, 0.25) is 5.71 Å². The van der Waals surface area contributed by atoms with Crippen molar-refractivity contribution in [2.45, 2.75) is 41.0 Å². The van der Waals surface area contributed by atoms with Crippen molar-refractivity contribution >= 4 is 43.5 Å². The van der Waals surface area contributed by atoms with Gasteiger partial charge in [-0.25, -0.2) is 4.98 Å². The molecule has 0 aliphatic rings. The van der Waals surface area contributed by atoms with Crippen molar-refractivity contribution in [3.63, 3.8) is 0 Å². The van der Waals surface area contributed by atoms with Gasteiger partial charge in [0.1, 0.15) is 0 Å². The quantitative estimate of drug-likeness (QED) is 0.169. The van der Waals surface area contributed by atoms with E-state index >= 15 is 0 Å². The van der Waals surface area contributed by atoms with Gasteiger partial charge in [-0.3, -0.25) is 0 Å². The maximum absolute atomic E-state index is 8.81. The molecule has 5 heterocycles. The molecule has 6 heteroatoms. The second-order valence-corrected chi connectivity index (χ2v) is 12.0. The van der Waals surface area contributed by atoms with Gasteiger partial charge in [-0.15, -0.1) is 65.4 Å². The Kier molecular flexibility index (Phi) is 7.93. The van der Waals surface area contributed by atoms with Crippen LogP contribution < -0.4 is 0 Å². The number of hydrogen-bond acceptors (Lipinski definition) is 5. The van der Waals surface area contributed by atoms with Crippen LogP contribution in [-0.2, 0) is 26.5 Å². The average molecular weight is 748 g/mol. The third kappa shape index (κ3) is 6.07. The molecule has 0 saturated heterocycles. The van der Waals surface area contributed by atoms with E-state index in [0.29, 0.717) is 11.3 Å². The van der Waals surface area contributed by atoms with Gasteiger partial charge < -0.3 is 14.4 Å². The summed E-state index contributed by atoms with van der Waals surface area (Å²) in [6.45, 7) is 9.75. The second kappa shape index (κ2) is 12.3. The first-order valence-corrected chi connectivity index (χ1v) is 14.4. The first-order valence-electron chi connectivity index (χ1n) is 14.5. The molecule has 0 aliphatic carbocycles. The monoisotopic (exact) mass is 748 g/mol. The summed E-state index contributed by atoms with van der Waals surface area (Å²) in [5.74, 6) is 0. The summed E-state index contributed by atoms with van der Waals surface area (Å²) in [7, 11) is 0. The Balaban J connectivity index is 0.000000248. The minimum atomic E-state index is -1.46. The molecule has 0 aliphatic heterocycles. The van der Waals surface area contributed by atoms with Gasteiger partial charge in [0.15, 0.2) is 0 Å². The molecular weight excluding hydrogens is 715 g/mol. The zero-order valence-corrected chi connectivity index (χ0v) is 27.3. The fourth-order valence-electron chi connectivity index (χ4n) is 4.81. The van der Waals surface area contributed by atoms with Crippen LogP contribution in [0.2, 0.25) is 0 Å². The number of nitrogens with zero attached hydrogens (tertiary/aromatic N) is 3. The molecule has 4 nitrogen and oxygen atoms in total. The summed E-state index contributed by atoms with van der Waals surface area (Å²) in [6, 6.07) is 30.0. The molecule has 0 N–H and O–H groups in total. The molecule has 5 aromatic heterocycles. The van der Waals surface area contributed by atoms with Gasteiger partial charge in [0.05, 0.1) is 5.58 Å². The van der Waals surface area contributed by atoms with E-state index in [1.165, 1.54) is 11.3 Å². The number of pyridine rings is 3. The number of fused-ring (bicyclic) bond motifs is 4. The van der Waals surface area contributed by atoms with Gasteiger partial charge in [-0.05, 0) is 66.5 Å². The maximum atomic E-state index is 8.81. The zero-order valence-electron chi connectivity index (χ0n) is 26.1. The van der Waals surface area contributed by atoms with E-state index < -0.39 is 11.8 Å². The maximum Gasteiger partial charge on any atom is 0.216 e. The Morgan fingerprint density at radius 2 is 1.71 bits per heavy atom. The standard InChI is InChI=1S/C25H23N2OS.C11H8N.Ir/c1-14-9-10-17-16-7-6-8-18(23(16)28-24(17)27-14)22-21-15(2)20(13-25(3,4)5)29-19(21)11-12-26-22;1-2-6-10(7-3-1)11-8-4-5-9-12-11;/h6-7,9-12H,13H2,1-5H3;1-6,8-9H;/q2*-1;/i13D2;;. The van der Waals surface area contributed by atoms with Gasteiger partial charge >= 0.3 is 0 Å². The fourth-order valence-corrected chi connectivity index (χ4v) is 6.12. The van der Waals surface area contributed by atoms with Crippen molar-refractivity contribution in [3.8, 4) is 22.5 Å². The molecule has 1 radical (unpaired) electrons. The first-order chi connectivity index (χ1) is 20.6. The van der Waals surface area contributed by atoms with E-state index in [1.54, 1.807) is 12.4 Å². The molecule has 7 rings (SSSR count). The normalized spacial score (nSPS) is 12.4. The van der Waals surface area contributed by atoms with E-state index in [4.69, 9.17) is 12.1 Å². The van der Waals surface area contributed by atoms with Crippen LogP contribution in [0, 0.1) is 31.4 Å². The summed E-state index contributed by atoms with van der Waals surface area (Å²) >= 11 is 1.51. The third-order valence-electron chi connectivity index (χ3n) is 6.65. The van der Waals surface area contributed by atoms with E-state index in [1.807, 2.05) is 107 Å². The number of rotatable bonds is 3. The molecule has 0 atom stereocenters. The Hall–Kier alpha value is -3.70. The van der Waals surface area contributed by atoms with Crippen LogP contribution in [0.4, 0.5) is 0 Å². The van der Waals surface area contributed by atoms with Gasteiger partial charge in [0, 0.05) is 61.6 Å². The number of benzene rings is 2. The summed E-state index contributed by atoms with van der Waals surface area (Å²) in [5, 5.41) is 2.91. The van der Waals surface area contributed by atoms with Crippen LogP contribution in [0.3, 0.4) is 0 Å². The number of aryl methyl sites for hydroxylation is 2. The minimum absolute atomic E-state index is 0. The van der Waals surface area contributed by atoms with Crippen LogP contribution in [0.15, 0.2) is 89.6 Å². The van der Waals surface area contributed by atoms with Gasteiger partial charge in [0.25, 0.3) is 0 Å². The van der Waals surface area contributed by atoms with Crippen molar-refractivity contribution in [2.24, 2.45) is 5.41 Å². The molecule has 42 heavy (non-hydrogen) atoms. The molecule has 0 fully saturated rings. The number of thiophene rings is 1. The number of furan rings is 1. The Morgan fingerprint density at radius 3 is 2.45 bits per heavy atom. The molecule has 0 unspecified atom stereocenters. The van der Waals surface area contributed by atoms with E-state index in [-0.39, 0.29) is 20.1 Å². The summed E-state index contributed by atoms with van der Waals surface area (Å²) < 4.78 is 24.8.